The maximum Gasteiger partial charge on any atom is 0.123 e. The number of halogens is 1. The van der Waals surface area contributed by atoms with Gasteiger partial charge in [-0.05, 0) is 48.5 Å². The van der Waals surface area contributed by atoms with Crippen molar-refractivity contribution in [3.8, 4) is 11.5 Å². The molecule has 0 spiro atoms. The Kier molecular flexibility index (Phi) is 3.73. The molecule has 5 heteroatoms. The van der Waals surface area contributed by atoms with E-state index in [4.69, 9.17) is 4.74 Å². The van der Waals surface area contributed by atoms with Gasteiger partial charge in [-0.15, -0.1) is 0 Å². The summed E-state index contributed by atoms with van der Waals surface area (Å²) in [4.78, 5) is 0. The smallest absolute Gasteiger partial charge is 0.123 e. The van der Waals surface area contributed by atoms with E-state index in [9.17, 15) is 9.50 Å². The van der Waals surface area contributed by atoms with Crippen LogP contribution in [0, 0.1) is 5.82 Å². The Bertz CT molecular complexity index is 626. The molecular weight excluding hydrogens is 271 g/mol. The topological polar surface area (TPSA) is 45.1 Å². The van der Waals surface area contributed by atoms with E-state index in [1.165, 1.54) is 12.1 Å². The molecule has 0 fully saturated rings. The Hall–Kier alpha value is -2.56. The molecule has 0 saturated carbocycles. The normalized spacial score (nSPS) is 17.2. The number of phenolic OH excluding ortho intramolecular Hbond substituents is 1. The third-order valence-electron chi connectivity index (χ3n) is 3.30. The van der Waals surface area contributed by atoms with Crippen LogP contribution in [0.4, 0.5) is 10.1 Å². The van der Waals surface area contributed by atoms with E-state index >= 15 is 0 Å². The van der Waals surface area contributed by atoms with E-state index in [2.05, 4.69) is 5.10 Å². The monoisotopic (exact) mass is 286 g/mol. The maximum atomic E-state index is 13.0. The van der Waals surface area contributed by atoms with Crippen LogP contribution in [-0.4, -0.2) is 24.0 Å². The molecule has 1 heterocycles. The number of nitrogens with zero attached hydrogens (tertiary/aromatic N) is 2. The maximum absolute atomic E-state index is 13.0. The van der Waals surface area contributed by atoms with Crippen LogP contribution in [0.1, 0.15) is 6.42 Å². The first-order valence-electron chi connectivity index (χ1n) is 6.71. The third kappa shape index (κ3) is 3.13. The van der Waals surface area contributed by atoms with Crippen LogP contribution < -0.4 is 9.75 Å². The molecule has 0 aromatic heterocycles. The molecule has 1 aliphatic rings. The van der Waals surface area contributed by atoms with Crippen LogP contribution in [0.3, 0.4) is 0 Å². The molecule has 1 atom stereocenters. The van der Waals surface area contributed by atoms with E-state index in [1.807, 2.05) is 11.2 Å². The van der Waals surface area contributed by atoms with Crippen LogP contribution in [0.2, 0.25) is 0 Å². The zero-order valence-corrected chi connectivity index (χ0v) is 11.3. The van der Waals surface area contributed by atoms with Crippen LogP contribution in [0.25, 0.3) is 0 Å². The van der Waals surface area contributed by atoms with Crippen molar-refractivity contribution in [3.63, 3.8) is 0 Å². The van der Waals surface area contributed by atoms with Gasteiger partial charge in [-0.3, -0.25) is 5.01 Å². The number of hydrogen-bond acceptors (Lipinski definition) is 4. The lowest BCUT2D eigenvalue weighted by Crippen LogP contribution is -2.32. The van der Waals surface area contributed by atoms with Gasteiger partial charge in [0.2, 0.25) is 0 Å². The van der Waals surface area contributed by atoms with Crippen molar-refractivity contribution >= 4 is 11.9 Å². The van der Waals surface area contributed by atoms with Gasteiger partial charge in [0.15, 0.2) is 0 Å². The van der Waals surface area contributed by atoms with Crippen LogP contribution in [0.15, 0.2) is 53.6 Å². The minimum absolute atomic E-state index is 0.0734. The number of ether oxygens (including phenoxy) is 1. The van der Waals surface area contributed by atoms with E-state index in [0.29, 0.717) is 12.4 Å². The van der Waals surface area contributed by atoms with Crippen LogP contribution in [0.5, 0.6) is 11.5 Å². The molecular formula is C16H15FN2O2. The van der Waals surface area contributed by atoms with Crippen molar-refractivity contribution in [2.24, 2.45) is 5.10 Å². The van der Waals surface area contributed by atoms with Crippen molar-refractivity contribution in [3.05, 3.63) is 54.3 Å². The van der Waals surface area contributed by atoms with Crippen LogP contribution >= 0.6 is 0 Å². The van der Waals surface area contributed by atoms with Crippen molar-refractivity contribution in [2.45, 2.75) is 12.5 Å². The van der Waals surface area contributed by atoms with Gasteiger partial charge in [-0.2, -0.15) is 5.10 Å². The van der Waals surface area contributed by atoms with Crippen LogP contribution in [-0.2, 0) is 0 Å². The predicted molar refractivity (Wildman–Crippen MR) is 79.4 cm³/mol. The van der Waals surface area contributed by atoms with Crippen molar-refractivity contribution in [1.29, 1.82) is 0 Å². The van der Waals surface area contributed by atoms with Gasteiger partial charge in [-0.25, -0.2) is 4.39 Å². The van der Waals surface area contributed by atoms with Gasteiger partial charge in [0.25, 0.3) is 0 Å². The largest absolute Gasteiger partial charge is 0.508 e. The number of aromatic hydroxyl groups is 1. The number of rotatable bonds is 4. The quantitative estimate of drug-likeness (QED) is 0.939. The molecule has 3 rings (SSSR count). The van der Waals surface area contributed by atoms with E-state index in [0.717, 1.165) is 12.1 Å². The summed E-state index contributed by atoms with van der Waals surface area (Å²) in [6.45, 7) is 0.460. The number of hydrazone groups is 1. The Morgan fingerprint density at radius 1 is 1.14 bits per heavy atom. The average Bonchev–Trinajstić information content (AvgIpc) is 2.96. The second kappa shape index (κ2) is 5.83. The standard InChI is InChI=1S/C16H15FN2O2/c17-12-1-3-13(4-2-12)19-14(9-10-18-19)11-21-16-7-5-15(20)6-8-16/h1-8,10,14,20H,9,11H2. The Morgan fingerprint density at radius 3 is 2.57 bits per heavy atom. The van der Waals surface area contributed by atoms with Crippen molar-refractivity contribution < 1.29 is 14.2 Å². The minimum atomic E-state index is -0.265. The zero-order chi connectivity index (χ0) is 14.7. The molecule has 4 nitrogen and oxygen atoms in total. The number of phenols is 1. The van der Waals surface area contributed by atoms with E-state index in [1.54, 1.807) is 36.4 Å². The lowest BCUT2D eigenvalue weighted by molar-refractivity contribution is 0.288. The molecule has 1 aliphatic heterocycles. The van der Waals surface area contributed by atoms with E-state index < -0.39 is 0 Å². The highest BCUT2D eigenvalue weighted by atomic mass is 19.1. The average molecular weight is 286 g/mol. The highest BCUT2D eigenvalue weighted by molar-refractivity contribution is 5.66. The van der Waals surface area contributed by atoms with Crippen molar-refractivity contribution in [2.75, 3.05) is 11.6 Å². The second-order valence-corrected chi connectivity index (χ2v) is 4.81. The van der Waals surface area contributed by atoms with Gasteiger partial charge in [0.1, 0.15) is 23.9 Å². The minimum Gasteiger partial charge on any atom is -0.508 e. The molecule has 0 amide bonds. The fourth-order valence-electron chi connectivity index (χ4n) is 2.20. The molecule has 2 aromatic rings. The Balaban J connectivity index is 1.65. The highest BCUT2D eigenvalue weighted by Gasteiger charge is 2.23. The number of benzene rings is 2. The van der Waals surface area contributed by atoms with Gasteiger partial charge in [-0.1, -0.05) is 0 Å². The molecule has 0 aliphatic carbocycles. The first kappa shape index (κ1) is 13.4. The SMILES string of the molecule is Oc1ccc(OCC2CC=NN2c2ccc(F)cc2)cc1. The molecule has 0 bridgehead atoms. The summed E-state index contributed by atoms with van der Waals surface area (Å²) in [5.74, 6) is 0.636. The summed E-state index contributed by atoms with van der Waals surface area (Å²) in [5, 5.41) is 15.4. The first-order valence-corrected chi connectivity index (χ1v) is 6.71. The summed E-state index contributed by atoms with van der Waals surface area (Å²) in [5.41, 5.74) is 0.837. The lowest BCUT2D eigenvalue weighted by Gasteiger charge is -2.23. The summed E-state index contributed by atoms with van der Waals surface area (Å²) in [7, 11) is 0. The molecule has 2 aromatic carbocycles. The summed E-state index contributed by atoms with van der Waals surface area (Å²) in [6.07, 6.45) is 2.60. The zero-order valence-electron chi connectivity index (χ0n) is 11.3. The molecule has 108 valence electrons. The summed E-state index contributed by atoms with van der Waals surface area (Å²) in [6, 6.07) is 12.9. The second-order valence-electron chi connectivity index (χ2n) is 4.81. The molecule has 0 radical (unpaired) electrons. The molecule has 1 N–H and O–H groups in total. The van der Waals surface area contributed by atoms with Crippen molar-refractivity contribution in [1.82, 2.24) is 0 Å². The van der Waals surface area contributed by atoms with Gasteiger partial charge >= 0.3 is 0 Å². The van der Waals surface area contributed by atoms with E-state index in [-0.39, 0.29) is 17.6 Å². The highest BCUT2D eigenvalue weighted by Crippen LogP contribution is 2.24. The lowest BCUT2D eigenvalue weighted by atomic mass is 10.2. The Morgan fingerprint density at radius 2 is 1.86 bits per heavy atom. The third-order valence-corrected chi connectivity index (χ3v) is 3.30. The fourth-order valence-corrected chi connectivity index (χ4v) is 2.20. The molecule has 0 saturated heterocycles. The fraction of sp³-hybridized carbons (Fsp3) is 0.188. The van der Waals surface area contributed by atoms with Gasteiger partial charge < -0.3 is 9.84 Å². The first-order chi connectivity index (χ1) is 10.2. The molecule has 21 heavy (non-hydrogen) atoms. The number of hydrogen-bond donors (Lipinski definition) is 1. The van der Waals surface area contributed by atoms with Gasteiger partial charge in [0.05, 0.1) is 11.7 Å². The molecule has 1 unspecified atom stereocenters. The summed E-state index contributed by atoms with van der Waals surface area (Å²) < 4.78 is 18.7. The van der Waals surface area contributed by atoms with Gasteiger partial charge in [0, 0.05) is 12.6 Å². The summed E-state index contributed by atoms with van der Waals surface area (Å²) >= 11 is 0. The predicted octanol–water partition coefficient (Wildman–Crippen LogP) is 3.17. The number of anilines is 1. The Labute approximate surface area is 122 Å².